The summed E-state index contributed by atoms with van der Waals surface area (Å²) in [5.41, 5.74) is 8.65. The number of nitrogens with one attached hydrogen (secondary N) is 1. The molecule has 0 spiro atoms. The van der Waals surface area contributed by atoms with Gasteiger partial charge in [0.25, 0.3) is 0 Å². The minimum absolute atomic E-state index is 0.291. The van der Waals surface area contributed by atoms with Crippen LogP contribution < -0.4 is 16.0 Å². The highest BCUT2D eigenvalue weighted by atomic mass is 35.5. The van der Waals surface area contributed by atoms with Gasteiger partial charge in [0, 0.05) is 42.5 Å². The van der Waals surface area contributed by atoms with Crippen LogP contribution in [0.3, 0.4) is 0 Å². The molecule has 1 atom stereocenters. The van der Waals surface area contributed by atoms with Gasteiger partial charge in [0.1, 0.15) is 5.82 Å². The van der Waals surface area contributed by atoms with Crippen molar-refractivity contribution >= 4 is 23.2 Å². The first-order chi connectivity index (χ1) is 13.0. The predicted molar refractivity (Wildman–Crippen MR) is 107 cm³/mol. The number of carbonyl (C=O) groups is 1. The van der Waals surface area contributed by atoms with E-state index in [0.717, 1.165) is 34.9 Å². The first-order valence-corrected chi connectivity index (χ1v) is 9.69. The number of nitrogens with zero attached hydrogens (tertiary/aromatic N) is 1. The lowest BCUT2D eigenvalue weighted by molar-refractivity contribution is -0.121. The molecule has 6 heteroatoms. The summed E-state index contributed by atoms with van der Waals surface area (Å²) in [6.45, 7) is 3.10. The van der Waals surface area contributed by atoms with Crippen molar-refractivity contribution in [3.05, 3.63) is 64.4 Å². The summed E-state index contributed by atoms with van der Waals surface area (Å²) in [6.07, 6.45) is 2.87. The predicted octanol–water partition coefficient (Wildman–Crippen LogP) is 3.51. The van der Waals surface area contributed by atoms with E-state index >= 15 is 0 Å². The highest BCUT2D eigenvalue weighted by Crippen LogP contribution is 2.30. The summed E-state index contributed by atoms with van der Waals surface area (Å²) < 4.78 is 13.1. The van der Waals surface area contributed by atoms with E-state index in [2.05, 4.69) is 16.3 Å². The van der Waals surface area contributed by atoms with Crippen LogP contribution in [0.25, 0.3) is 0 Å². The second-order valence-corrected chi connectivity index (χ2v) is 7.40. The summed E-state index contributed by atoms with van der Waals surface area (Å²) in [4.78, 5) is 14.2. The maximum absolute atomic E-state index is 13.1. The molecule has 0 aromatic heterocycles. The van der Waals surface area contributed by atoms with Crippen LogP contribution in [0.15, 0.2) is 42.5 Å². The average molecular weight is 390 g/mol. The van der Waals surface area contributed by atoms with Crippen LogP contribution in [-0.4, -0.2) is 25.5 Å². The van der Waals surface area contributed by atoms with Gasteiger partial charge in [0.15, 0.2) is 0 Å². The van der Waals surface area contributed by atoms with Gasteiger partial charge in [-0.2, -0.15) is 0 Å². The van der Waals surface area contributed by atoms with Gasteiger partial charge in [-0.25, -0.2) is 4.39 Å². The van der Waals surface area contributed by atoms with E-state index in [1.54, 1.807) is 12.1 Å². The highest BCUT2D eigenvalue weighted by Gasteiger charge is 2.19. The first-order valence-electron chi connectivity index (χ1n) is 9.31. The number of rotatable bonds is 8. The number of nitrogens with two attached hydrogens (primary N) is 1. The van der Waals surface area contributed by atoms with Crippen LogP contribution in [-0.2, 0) is 17.8 Å². The zero-order valence-electron chi connectivity index (χ0n) is 15.3. The molecule has 1 aliphatic heterocycles. The van der Waals surface area contributed by atoms with Crippen molar-refractivity contribution in [3.8, 4) is 0 Å². The van der Waals surface area contributed by atoms with Crippen molar-refractivity contribution in [2.45, 2.75) is 25.8 Å². The van der Waals surface area contributed by atoms with Crippen molar-refractivity contribution in [3.63, 3.8) is 0 Å². The maximum Gasteiger partial charge on any atom is 0.222 e. The fourth-order valence-electron chi connectivity index (χ4n) is 3.53. The molecule has 2 aromatic carbocycles. The number of hydrogen-bond acceptors (Lipinski definition) is 3. The number of hydrogen-bond donors (Lipinski definition) is 2. The van der Waals surface area contributed by atoms with Crippen LogP contribution in [0.1, 0.15) is 24.0 Å². The van der Waals surface area contributed by atoms with Gasteiger partial charge in [0.2, 0.25) is 5.91 Å². The molecule has 27 heavy (non-hydrogen) atoms. The van der Waals surface area contributed by atoms with Gasteiger partial charge in [-0.15, -0.1) is 0 Å². The summed E-state index contributed by atoms with van der Waals surface area (Å²) in [6, 6.07) is 12.1. The number of amides is 1. The van der Waals surface area contributed by atoms with Gasteiger partial charge >= 0.3 is 0 Å². The van der Waals surface area contributed by atoms with E-state index in [9.17, 15) is 9.18 Å². The minimum Gasteiger partial charge on any atom is -0.371 e. The fourth-order valence-corrected chi connectivity index (χ4v) is 3.76. The molecule has 0 radical (unpaired) electrons. The van der Waals surface area contributed by atoms with Crippen LogP contribution >= 0.6 is 11.6 Å². The second-order valence-electron chi connectivity index (χ2n) is 6.99. The summed E-state index contributed by atoms with van der Waals surface area (Å²) in [7, 11) is 0. The summed E-state index contributed by atoms with van der Waals surface area (Å²) in [5, 5.41) is 4.06. The van der Waals surface area contributed by atoms with Crippen molar-refractivity contribution in [1.29, 1.82) is 0 Å². The lowest BCUT2D eigenvalue weighted by atomic mass is 9.98. The molecule has 1 fully saturated rings. The van der Waals surface area contributed by atoms with Crippen LogP contribution in [0.2, 0.25) is 5.02 Å². The molecule has 2 aromatic rings. The van der Waals surface area contributed by atoms with E-state index in [1.165, 1.54) is 25.0 Å². The summed E-state index contributed by atoms with van der Waals surface area (Å²) >= 11 is 6.44. The van der Waals surface area contributed by atoms with Crippen LogP contribution in [0, 0.1) is 11.7 Å². The number of halogens is 2. The van der Waals surface area contributed by atoms with Gasteiger partial charge < -0.3 is 16.0 Å². The molecule has 0 bridgehead atoms. The molecular weight excluding hydrogens is 365 g/mol. The quantitative estimate of drug-likeness (QED) is 0.726. The fraction of sp³-hybridized carbons (Fsp3) is 0.381. The molecule has 1 saturated heterocycles. The zero-order chi connectivity index (χ0) is 19.2. The Kier molecular flexibility index (Phi) is 6.69. The molecule has 144 valence electrons. The summed E-state index contributed by atoms with van der Waals surface area (Å²) in [5.74, 6) is -1.03. The molecule has 0 unspecified atom stereocenters. The van der Waals surface area contributed by atoms with Crippen LogP contribution in [0.4, 0.5) is 10.1 Å². The Morgan fingerprint density at radius 1 is 1.19 bits per heavy atom. The Bertz CT molecular complexity index is 775. The van der Waals surface area contributed by atoms with Crippen molar-refractivity contribution in [2.75, 3.05) is 24.5 Å². The lowest BCUT2D eigenvalue weighted by Gasteiger charge is -2.23. The van der Waals surface area contributed by atoms with Gasteiger partial charge in [-0.1, -0.05) is 29.8 Å². The van der Waals surface area contributed by atoms with E-state index in [-0.39, 0.29) is 17.6 Å². The Morgan fingerprint density at radius 3 is 2.56 bits per heavy atom. The van der Waals surface area contributed by atoms with E-state index in [0.29, 0.717) is 19.5 Å². The third-order valence-electron chi connectivity index (χ3n) is 5.03. The smallest absolute Gasteiger partial charge is 0.222 e. The number of benzene rings is 2. The second kappa shape index (κ2) is 9.20. The standard InChI is InChI=1S/C21H25ClFN3O/c22-19-4-3-5-20(26-10-1-2-11-26)18(19)14-25-13-16(21(24)27)12-15-6-8-17(23)9-7-15/h3-9,16,25H,1-2,10-14H2,(H2,24,27)/t16-/m0/s1. The monoisotopic (exact) mass is 389 g/mol. The Labute approximate surface area is 164 Å². The molecule has 3 N–H and O–H groups in total. The normalized spacial score (nSPS) is 15.1. The molecule has 1 amide bonds. The maximum atomic E-state index is 13.1. The Balaban J connectivity index is 1.63. The van der Waals surface area contributed by atoms with Gasteiger partial charge in [-0.05, 0) is 49.1 Å². The number of primary amides is 1. The SMILES string of the molecule is NC(=O)[C@H](CNCc1c(Cl)cccc1N1CCCC1)Cc1ccc(F)cc1. The third-order valence-corrected chi connectivity index (χ3v) is 5.39. The van der Waals surface area contributed by atoms with Gasteiger partial charge in [0.05, 0.1) is 5.92 Å². The lowest BCUT2D eigenvalue weighted by Crippen LogP contribution is -2.34. The number of carbonyl (C=O) groups excluding carboxylic acids is 1. The van der Waals surface area contributed by atoms with E-state index in [4.69, 9.17) is 17.3 Å². The third kappa shape index (κ3) is 5.21. The topological polar surface area (TPSA) is 58.4 Å². The largest absolute Gasteiger partial charge is 0.371 e. The van der Waals surface area contributed by atoms with Crippen molar-refractivity contribution in [1.82, 2.24) is 5.32 Å². The van der Waals surface area contributed by atoms with Crippen molar-refractivity contribution < 1.29 is 9.18 Å². The zero-order valence-corrected chi connectivity index (χ0v) is 16.0. The van der Waals surface area contributed by atoms with E-state index in [1.807, 2.05) is 12.1 Å². The Hall–Kier alpha value is -2.11. The highest BCUT2D eigenvalue weighted by molar-refractivity contribution is 6.31. The van der Waals surface area contributed by atoms with Gasteiger partial charge in [-0.3, -0.25) is 4.79 Å². The first kappa shape index (κ1) is 19.6. The molecular formula is C21H25ClFN3O. The van der Waals surface area contributed by atoms with Crippen molar-refractivity contribution in [2.24, 2.45) is 11.7 Å². The molecule has 3 rings (SSSR count). The molecule has 1 aliphatic rings. The molecule has 0 saturated carbocycles. The number of anilines is 1. The molecule has 0 aliphatic carbocycles. The van der Waals surface area contributed by atoms with E-state index < -0.39 is 0 Å². The Morgan fingerprint density at radius 2 is 1.89 bits per heavy atom. The van der Waals surface area contributed by atoms with Crippen LogP contribution in [0.5, 0.6) is 0 Å². The average Bonchev–Trinajstić information content (AvgIpc) is 3.18. The molecule has 1 heterocycles. The molecule has 4 nitrogen and oxygen atoms in total. The minimum atomic E-state index is -0.370.